The zero-order valence-electron chi connectivity index (χ0n) is 10.6. The Balaban J connectivity index is 1.83. The van der Waals surface area contributed by atoms with Crippen molar-refractivity contribution in [2.45, 2.75) is 31.4 Å². The van der Waals surface area contributed by atoms with Crippen LogP contribution in [0.15, 0.2) is 0 Å². The zero-order valence-corrected chi connectivity index (χ0v) is 10.6. The van der Waals surface area contributed by atoms with Gasteiger partial charge in [0.25, 0.3) is 0 Å². The van der Waals surface area contributed by atoms with Gasteiger partial charge in [-0.05, 0) is 18.8 Å². The van der Waals surface area contributed by atoms with Crippen molar-refractivity contribution >= 4 is 11.8 Å². The molecule has 0 aromatic rings. The lowest BCUT2D eigenvalue weighted by atomic mass is 10.2. The van der Waals surface area contributed by atoms with Crippen LogP contribution in [0.25, 0.3) is 0 Å². The highest BCUT2D eigenvalue weighted by atomic mass is 16.5. The van der Waals surface area contributed by atoms with Crippen LogP contribution in [0.5, 0.6) is 0 Å². The lowest BCUT2D eigenvalue weighted by Crippen LogP contribution is -2.45. The molecule has 0 aromatic heterocycles. The number of carbonyl (C=O) groups excluding carboxylic acids is 2. The smallest absolute Gasteiger partial charge is 0.249 e. The molecule has 2 amide bonds. The van der Waals surface area contributed by atoms with E-state index in [2.05, 4.69) is 0 Å². The molecular formula is C12H20N2O4. The van der Waals surface area contributed by atoms with Crippen molar-refractivity contribution in [3.63, 3.8) is 0 Å². The molecule has 6 heteroatoms. The van der Waals surface area contributed by atoms with Crippen LogP contribution in [-0.4, -0.2) is 55.7 Å². The van der Waals surface area contributed by atoms with Crippen LogP contribution < -0.4 is 5.73 Å². The Kier molecular flexibility index (Phi) is 4.19. The second kappa shape index (κ2) is 5.67. The molecule has 2 fully saturated rings. The van der Waals surface area contributed by atoms with Crippen LogP contribution >= 0.6 is 0 Å². The summed E-state index contributed by atoms with van der Waals surface area (Å²) in [6.45, 7) is 1.07. The molecule has 1 saturated carbocycles. The van der Waals surface area contributed by atoms with E-state index >= 15 is 0 Å². The van der Waals surface area contributed by atoms with Crippen LogP contribution in [-0.2, 0) is 19.1 Å². The quantitative estimate of drug-likeness (QED) is 0.695. The van der Waals surface area contributed by atoms with Crippen LogP contribution in [0.1, 0.15) is 19.3 Å². The summed E-state index contributed by atoms with van der Waals surface area (Å²) in [5.41, 5.74) is 5.30. The van der Waals surface area contributed by atoms with Crippen LogP contribution in [0, 0.1) is 5.92 Å². The predicted molar refractivity (Wildman–Crippen MR) is 63.7 cm³/mol. The SMILES string of the molecule is CO[C@H]1C[C@@H](C(N)=O)N(C(=O)COCC2CC2)C1. The minimum atomic E-state index is -0.563. The Morgan fingerprint density at radius 1 is 1.39 bits per heavy atom. The minimum Gasteiger partial charge on any atom is -0.380 e. The highest BCUT2D eigenvalue weighted by molar-refractivity contribution is 5.87. The molecule has 2 atom stereocenters. The van der Waals surface area contributed by atoms with Gasteiger partial charge >= 0.3 is 0 Å². The van der Waals surface area contributed by atoms with E-state index in [1.165, 1.54) is 17.7 Å². The third kappa shape index (κ3) is 3.20. The number of amides is 2. The van der Waals surface area contributed by atoms with Crippen molar-refractivity contribution in [2.75, 3.05) is 26.9 Å². The summed E-state index contributed by atoms with van der Waals surface area (Å²) in [6.07, 6.45) is 2.73. The fraction of sp³-hybridized carbons (Fsp3) is 0.833. The van der Waals surface area contributed by atoms with Gasteiger partial charge in [0.1, 0.15) is 12.6 Å². The fourth-order valence-corrected chi connectivity index (χ4v) is 2.19. The number of hydrogen-bond donors (Lipinski definition) is 1. The van der Waals surface area contributed by atoms with E-state index in [1.807, 2.05) is 0 Å². The van der Waals surface area contributed by atoms with Crippen molar-refractivity contribution in [3.05, 3.63) is 0 Å². The molecule has 6 nitrogen and oxygen atoms in total. The van der Waals surface area contributed by atoms with Crippen molar-refractivity contribution in [2.24, 2.45) is 11.7 Å². The number of rotatable bonds is 6. The summed E-state index contributed by atoms with van der Waals surface area (Å²) in [7, 11) is 1.57. The molecule has 0 radical (unpaired) electrons. The van der Waals surface area contributed by atoms with Crippen LogP contribution in [0.2, 0.25) is 0 Å². The molecule has 2 rings (SSSR count). The maximum Gasteiger partial charge on any atom is 0.249 e. The molecule has 0 bridgehead atoms. The average molecular weight is 256 g/mol. The summed E-state index contributed by atoms with van der Waals surface area (Å²) in [5, 5.41) is 0. The van der Waals surface area contributed by atoms with Gasteiger partial charge in [-0.25, -0.2) is 0 Å². The summed E-state index contributed by atoms with van der Waals surface area (Å²) < 4.78 is 10.5. The van der Waals surface area contributed by atoms with E-state index < -0.39 is 11.9 Å². The number of ether oxygens (including phenoxy) is 2. The molecule has 0 aromatic carbocycles. The second-order valence-corrected chi connectivity index (χ2v) is 5.02. The number of nitrogens with zero attached hydrogens (tertiary/aromatic N) is 1. The standard InChI is InChI=1S/C12H20N2O4/c1-17-9-4-10(12(13)16)14(5-9)11(15)7-18-6-8-2-3-8/h8-10H,2-7H2,1H3,(H2,13,16)/t9-,10-/m0/s1. The van der Waals surface area contributed by atoms with Gasteiger partial charge in [0, 0.05) is 20.1 Å². The first-order valence-corrected chi connectivity index (χ1v) is 6.31. The maximum atomic E-state index is 12.0. The first-order chi connectivity index (χ1) is 8.61. The number of likely N-dealkylation sites (tertiary alicyclic amines) is 1. The highest BCUT2D eigenvalue weighted by Gasteiger charge is 2.38. The lowest BCUT2D eigenvalue weighted by Gasteiger charge is -2.21. The molecule has 2 aliphatic rings. The molecule has 1 saturated heterocycles. The lowest BCUT2D eigenvalue weighted by molar-refractivity contribution is -0.141. The Bertz CT molecular complexity index is 330. The van der Waals surface area contributed by atoms with E-state index in [4.69, 9.17) is 15.2 Å². The summed E-state index contributed by atoms with van der Waals surface area (Å²) in [4.78, 5) is 24.7. The predicted octanol–water partition coefficient (Wildman–Crippen LogP) is -0.486. The second-order valence-electron chi connectivity index (χ2n) is 5.02. The summed E-state index contributed by atoms with van der Waals surface area (Å²) in [5.74, 6) is -0.0425. The van der Waals surface area contributed by atoms with Gasteiger partial charge in [-0.15, -0.1) is 0 Å². The molecule has 18 heavy (non-hydrogen) atoms. The number of hydrogen-bond acceptors (Lipinski definition) is 4. The Labute approximate surface area is 106 Å². The minimum absolute atomic E-state index is 0.0245. The van der Waals surface area contributed by atoms with Gasteiger partial charge in [-0.3, -0.25) is 9.59 Å². The molecule has 2 N–H and O–H groups in total. The topological polar surface area (TPSA) is 81.9 Å². The van der Waals surface area contributed by atoms with E-state index in [0.29, 0.717) is 25.5 Å². The van der Waals surface area contributed by atoms with Crippen molar-refractivity contribution < 1.29 is 19.1 Å². The van der Waals surface area contributed by atoms with Gasteiger partial charge in [0.2, 0.25) is 11.8 Å². The fourth-order valence-electron chi connectivity index (χ4n) is 2.19. The number of nitrogens with two attached hydrogens (primary N) is 1. The largest absolute Gasteiger partial charge is 0.380 e. The third-order valence-corrected chi connectivity index (χ3v) is 3.52. The van der Waals surface area contributed by atoms with E-state index in [9.17, 15) is 9.59 Å². The van der Waals surface area contributed by atoms with E-state index in [1.54, 1.807) is 7.11 Å². The third-order valence-electron chi connectivity index (χ3n) is 3.52. The average Bonchev–Trinajstić information content (AvgIpc) is 3.05. The summed E-state index contributed by atoms with van der Waals surface area (Å²) >= 11 is 0. The van der Waals surface area contributed by atoms with E-state index in [-0.39, 0.29) is 18.6 Å². The number of primary amides is 1. The molecule has 0 spiro atoms. The molecule has 1 aliphatic carbocycles. The van der Waals surface area contributed by atoms with Gasteiger partial charge in [0.05, 0.1) is 12.7 Å². The molecule has 1 aliphatic heterocycles. The highest BCUT2D eigenvalue weighted by Crippen LogP contribution is 2.28. The number of methoxy groups -OCH3 is 1. The molecular weight excluding hydrogens is 236 g/mol. The number of carbonyl (C=O) groups is 2. The monoisotopic (exact) mass is 256 g/mol. The Morgan fingerprint density at radius 3 is 2.67 bits per heavy atom. The first kappa shape index (κ1) is 13.3. The van der Waals surface area contributed by atoms with Gasteiger partial charge in [-0.2, -0.15) is 0 Å². The Hall–Kier alpha value is -1.14. The van der Waals surface area contributed by atoms with E-state index in [0.717, 1.165) is 0 Å². The van der Waals surface area contributed by atoms with Crippen molar-refractivity contribution in [1.29, 1.82) is 0 Å². The van der Waals surface area contributed by atoms with Crippen molar-refractivity contribution in [3.8, 4) is 0 Å². The Morgan fingerprint density at radius 2 is 2.11 bits per heavy atom. The van der Waals surface area contributed by atoms with Gasteiger partial charge in [0.15, 0.2) is 0 Å². The molecule has 102 valence electrons. The first-order valence-electron chi connectivity index (χ1n) is 6.31. The molecule has 1 heterocycles. The van der Waals surface area contributed by atoms with Crippen molar-refractivity contribution in [1.82, 2.24) is 4.90 Å². The normalized spacial score (nSPS) is 27.5. The van der Waals surface area contributed by atoms with Gasteiger partial charge < -0.3 is 20.1 Å². The molecule has 0 unspecified atom stereocenters. The maximum absolute atomic E-state index is 12.0. The van der Waals surface area contributed by atoms with Crippen LogP contribution in [0.3, 0.4) is 0 Å². The summed E-state index contributed by atoms with van der Waals surface area (Å²) in [6, 6.07) is -0.563. The van der Waals surface area contributed by atoms with Crippen LogP contribution in [0.4, 0.5) is 0 Å². The zero-order chi connectivity index (χ0) is 13.1. The van der Waals surface area contributed by atoms with Gasteiger partial charge in [-0.1, -0.05) is 0 Å².